The highest BCUT2D eigenvalue weighted by atomic mass is 16.5. The fourth-order valence-electron chi connectivity index (χ4n) is 1.79. The van der Waals surface area contributed by atoms with E-state index in [1.165, 1.54) is 0 Å². The van der Waals surface area contributed by atoms with Gasteiger partial charge in [-0.25, -0.2) is 0 Å². The molecule has 1 fully saturated rings. The molecule has 0 aromatic heterocycles. The van der Waals surface area contributed by atoms with Crippen molar-refractivity contribution in [3.63, 3.8) is 0 Å². The van der Waals surface area contributed by atoms with Gasteiger partial charge in [0.1, 0.15) is 5.75 Å². The molecular weight excluding hydrogens is 260 g/mol. The first-order chi connectivity index (χ1) is 9.54. The minimum atomic E-state index is -0.550. The third kappa shape index (κ3) is 3.71. The first kappa shape index (κ1) is 14.3. The largest absolute Gasteiger partial charge is 0.484 e. The van der Waals surface area contributed by atoms with Crippen molar-refractivity contribution < 1.29 is 19.4 Å². The molecule has 0 atom stereocenters. The average Bonchev–Trinajstić information content (AvgIpc) is 3.24. The average molecular weight is 278 g/mol. The summed E-state index contributed by atoms with van der Waals surface area (Å²) in [6.45, 7) is 0.403. The van der Waals surface area contributed by atoms with E-state index in [9.17, 15) is 14.7 Å². The summed E-state index contributed by atoms with van der Waals surface area (Å²) in [5.74, 6) is -0.258. The van der Waals surface area contributed by atoms with Gasteiger partial charge in [0.2, 0.25) is 0 Å². The number of rotatable bonds is 7. The molecule has 108 valence electrons. The second kappa shape index (κ2) is 5.92. The van der Waals surface area contributed by atoms with Crippen LogP contribution in [-0.2, 0) is 4.79 Å². The summed E-state index contributed by atoms with van der Waals surface area (Å²) in [6.07, 6.45) is 1.90. The lowest BCUT2D eigenvalue weighted by Crippen LogP contribution is -2.31. The second-order valence-electron chi connectivity index (χ2n) is 5.12. The molecule has 1 aromatic rings. The van der Waals surface area contributed by atoms with Crippen LogP contribution in [0.1, 0.15) is 23.2 Å². The van der Waals surface area contributed by atoms with E-state index in [2.05, 4.69) is 5.32 Å². The summed E-state index contributed by atoms with van der Waals surface area (Å²) in [6, 6.07) is 6.45. The van der Waals surface area contributed by atoms with E-state index < -0.39 is 5.91 Å². The van der Waals surface area contributed by atoms with Gasteiger partial charge in [0.05, 0.1) is 6.61 Å². The van der Waals surface area contributed by atoms with Crippen LogP contribution in [0.3, 0.4) is 0 Å². The lowest BCUT2D eigenvalue weighted by molar-refractivity contribution is -0.119. The van der Waals surface area contributed by atoms with Gasteiger partial charge in [0.25, 0.3) is 11.8 Å². The third-order valence-corrected chi connectivity index (χ3v) is 3.41. The lowest BCUT2D eigenvalue weighted by Gasteiger charge is -2.12. The van der Waals surface area contributed by atoms with Crippen molar-refractivity contribution in [2.24, 2.45) is 11.1 Å². The van der Waals surface area contributed by atoms with Crippen LogP contribution in [0.2, 0.25) is 0 Å². The van der Waals surface area contributed by atoms with Crippen molar-refractivity contribution in [1.82, 2.24) is 5.32 Å². The molecule has 0 radical (unpaired) electrons. The second-order valence-corrected chi connectivity index (χ2v) is 5.12. The smallest absolute Gasteiger partial charge is 0.255 e. The molecule has 1 saturated carbocycles. The van der Waals surface area contributed by atoms with Gasteiger partial charge in [-0.05, 0) is 37.1 Å². The first-order valence-electron chi connectivity index (χ1n) is 6.45. The number of carbonyl (C=O) groups is 2. The number of nitrogens with one attached hydrogen (secondary N) is 1. The zero-order valence-electron chi connectivity index (χ0n) is 11.1. The van der Waals surface area contributed by atoms with Crippen LogP contribution in [0.25, 0.3) is 0 Å². The topological polar surface area (TPSA) is 102 Å². The van der Waals surface area contributed by atoms with Crippen LogP contribution in [0.4, 0.5) is 0 Å². The maximum absolute atomic E-state index is 11.9. The van der Waals surface area contributed by atoms with Gasteiger partial charge < -0.3 is 20.9 Å². The Morgan fingerprint density at radius 3 is 2.45 bits per heavy atom. The van der Waals surface area contributed by atoms with Crippen molar-refractivity contribution in [2.45, 2.75) is 12.8 Å². The van der Waals surface area contributed by atoms with Gasteiger partial charge in [0, 0.05) is 17.5 Å². The molecule has 6 heteroatoms. The van der Waals surface area contributed by atoms with Crippen LogP contribution in [0.5, 0.6) is 5.75 Å². The highest BCUT2D eigenvalue weighted by Crippen LogP contribution is 2.44. The van der Waals surface area contributed by atoms with Gasteiger partial charge in [-0.1, -0.05) is 0 Å². The maximum Gasteiger partial charge on any atom is 0.255 e. The van der Waals surface area contributed by atoms with Crippen molar-refractivity contribution in [3.05, 3.63) is 29.8 Å². The summed E-state index contributed by atoms with van der Waals surface area (Å²) in [4.78, 5) is 22.5. The Morgan fingerprint density at radius 1 is 1.30 bits per heavy atom. The van der Waals surface area contributed by atoms with Crippen LogP contribution in [0, 0.1) is 5.41 Å². The molecule has 2 rings (SSSR count). The fourth-order valence-corrected chi connectivity index (χ4v) is 1.79. The lowest BCUT2D eigenvalue weighted by atomic mass is 10.1. The summed E-state index contributed by atoms with van der Waals surface area (Å²) in [5, 5.41) is 12.0. The molecule has 0 spiro atoms. The van der Waals surface area contributed by atoms with Crippen molar-refractivity contribution in [2.75, 3.05) is 19.8 Å². The number of carbonyl (C=O) groups excluding carboxylic acids is 2. The molecule has 0 heterocycles. The molecule has 0 unspecified atom stereocenters. The normalized spacial score (nSPS) is 15.4. The van der Waals surface area contributed by atoms with Crippen LogP contribution < -0.4 is 15.8 Å². The minimum absolute atomic E-state index is 0.104. The Balaban J connectivity index is 1.85. The number of amides is 2. The maximum atomic E-state index is 11.9. The number of benzene rings is 1. The van der Waals surface area contributed by atoms with Gasteiger partial charge >= 0.3 is 0 Å². The molecule has 20 heavy (non-hydrogen) atoms. The minimum Gasteiger partial charge on any atom is -0.484 e. The van der Waals surface area contributed by atoms with E-state index >= 15 is 0 Å². The first-order valence-corrected chi connectivity index (χ1v) is 6.45. The Labute approximate surface area is 116 Å². The van der Waals surface area contributed by atoms with E-state index in [-0.39, 0.29) is 24.5 Å². The Kier molecular flexibility index (Phi) is 4.24. The van der Waals surface area contributed by atoms with Gasteiger partial charge in [-0.2, -0.15) is 0 Å². The molecule has 0 aliphatic heterocycles. The zero-order chi connectivity index (χ0) is 14.6. The number of primary amides is 1. The molecule has 1 aromatic carbocycles. The van der Waals surface area contributed by atoms with E-state index in [1.54, 1.807) is 24.3 Å². The molecule has 0 saturated heterocycles. The number of aliphatic hydroxyl groups excluding tert-OH is 1. The Hall–Kier alpha value is -2.08. The van der Waals surface area contributed by atoms with E-state index in [4.69, 9.17) is 10.5 Å². The number of hydrogen-bond acceptors (Lipinski definition) is 4. The standard InChI is InChI=1S/C14H18N2O4/c15-12(18)7-20-11-3-1-10(2-4-11)13(19)16-8-14(9-17)5-6-14/h1-4,17H,5-9H2,(H2,15,18)(H,16,19). The van der Waals surface area contributed by atoms with E-state index in [0.717, 1.165) is 12.8 Å². The fraction of sp³-hybridized carbons (Fsp3) is 0.429. The zero-order valence-corrected chi connectivity index (χ0v) is 11.1. The summed E-state index contributed by atoms with van der Waals surface area (Å²) < 4.78 is 5.10. The third-order valence-electron chi connectivity index (χ3n) is 3.41. The van der Waals surface area contributed by atoms with Gasteiger partial charge in [0.15, 0.2) is 6.61 Å². The number of ether oxygens (including phenoxy) is 1. The predicted molar refractivity (Wildman–Crippen MR) is 72.2 cm³/mol. The van der Waals surface area contributed by atoms with Crippen molar-refractivity contribution in [3.8, 4) is 5.75 Å². The van der Waals surface area contributed by atoms with Crippen LogP contribution >= 0.6 is 0 Å². The quantitative estimate of drug-likeness (QED) is 0.656. The van der Waals surface area contributed by atoms with Gasteiger partial charge in [-0.3, -0.25) is 9.59 Å². The summed E-state index contributed by atoms with van der Waals surface area (Å²) in [5.41, 5.74) is 5.36. The highest BCUT2D eigenvalue weighted by Gasteiger charge is 2.42. The summed E-state index contributed by atoms with van der Waals surface area (Å²) >= 11 is 0. The molecular formula is C14H18N2O4. The number of nitrogens with two attached hydrogens (primary N) is 1. The molecule has 2 amide bonds. The van der Waals surface area contributed by atoms with Gasteiger partial charge in [-0.15, -0.1) is 0 Å². The SMILES string of the molecule is NC(=O)COc1ccc(C(=O)NCC2(CO)CC2)cc1. The molecule has 4 N–H and O–H groups in total. The Bertz CT molecular complexity index is 494. The van der Waals surface area contributed by atoms with E-state index in [0.29, 0.717) is 17.9 Å². The van der Waals surface area contributed by atoms with Crippen LogP contribution in [0.15, 0.2) is 24.3 Å². The van der Waals surface area contributed by atoms with Crippen molar-refractivity contribution >= 4 is 11.8 Å². The highest BCUT2D eigenvalue weighted by molar-refractivity contribution is 5.94. The van der Waals surface area contributed by atoms with E-state index in [1.807, 2.05) is 0 Å². The van der Waals surface area contributed by atoms with Crippen LogP contribution in [-0.4, -0.2) is 36.7 Å². The predicted octanol–water partition coefficient (Wildman–Crippen LogP) is 0.0530. The summed E-state index contributed by atoms with van der Waals surface area (Å²) in [7, 11) is 0. The number of aliphatic hydroxyl groups is 1. The monoisotopic (exact) mass is 278 g/mol. The Morgan fingerprint density at radius 2 is 1.95 bits per heavy atom. The number of hydrogen-bond donors (Lipinski definition) is 3. The molecule has 1 aliphatic carbocycles. The molecule has 0 bridgehead atoms. The van der Waals surface area contributed by atoms with Crippen molar-refractivity contribution in [1.29, 1.82) is 0 Å². The molecule has 6 nitrogen and oxygen atoms in total. The molecule has 1 aliphatic rings.